The number of halogens is 7. The van der Waals surface area contributed by atoms with Crippen molar-refractivity contribution in [3.63, 3.8) is 0 Å². The minimum Gasteiger partial charge on any atom is -0.489 e. The van der Waals surface area contributed by atoms with Gasteiger partial charge in [-0.25, -0.2) is 14.2 Å². The number of aliphatic carboxylic acids is 1. The number of aromatic nitrogens is 2. The van der Waals surface area contributed by atoms with Gasteiger partial charge in [-0.1, -0.05) is 72.1 Å². The van der Waals surface area contributed by atoms with Crippen LogP contribution in [0.15, 0.2) is 76.3 Å². The van der Waals surface area contributed by atoms with Crippen molar-refractivity contribution in [3.05, 3.63) is 115 Å². The number of carbonyl (C=O) groups is 4. The van der Waals surface area contributed by atoms with Gasteiger partial charge in [0.05, 0.1) is 52.6 Å². The van der Waals surface area contributed by atoms with Crippen molar-refractivity contribution >= 4 is 89.1 Å². The highest BCUT2D eigenvalue weighted by Gasteiger charge is 2.35. The minimum atomic E-state index is -4.86. The number of rotatable bonds is 14. The maximum absolute atomic E-state index is 12.9. The molecule has 26 heteroatoms. The van der Waals surface area contributed by atoms with E-state index in [0.29, 0.717) is 34.2 Å². The highest BCUT2D eigenvalue weighted by molar-refractivity contribution is 7.51. The van der Waals surface area contributed by atoms with Gasteiger partial charge in [0.2, 0.25) is 5.91 Å². The molecule has 18 nitrogen and oxygen atoms in total. The Morgan fingerprint density at radius 1 is 1.01 bits per heavy atom. The first kappa shape index (κ1) is 61.2. The molecule has 1 atom stereocenters. The normalized spacial score (nSPS) is 13.1. The molecule has 4 aromatic rings. The smallest absolute Gasteiger partial charge is 0.431 e. The molecule has 0 saturated carbocycles. The van der Waals surface area contributed by atoms with Gasteiger partial charge < -0.3 is 34.0 Å². The number of fused-ring (bicyclic) bond motifs is 1. The molecular formula is C44H53Cl4F3N5O13P. The first-order valence-electron chi connectivity index (χ1n) is 20.8. The average Bonchev–Trinajstić information content (AvgIpc) is 3.27. The van der Waals surface area contributed by atoms with E-state index >= 15 is 0 Å². The molecule has 1 aromatic heterocycles. The number of esters is 1. The van der Waals surface area contributed by atoms with Crippen LogP contribution in [-0.4, -0.2) is 103 Å². The van der Waals surface area contributed by atoms with E-state index in [1.807, 2.05) is 63.2 Å². The molecule has 2 amide bonds. The number of para-hydroxylation sites is 3. The fourth-order valence-electron chi connectivity index (χ4n) is 6.18. The Balaban J connectivity index is 0.000000337. The number of nitrogens with one attached hydrogen (secondary N) is 1. The maximum Gasteiger partial charge on any atom is 0.431 e. The quantitative estimate of drug-likeness (QED) is 0.0420. The molecule has 0 bridgehead atoms. The topological polar surface area (TPSA) is 236 Å². The predicted octanol–water partition coefficient (Wildman–Crippen LogP) is 7.30. The van der Waals surface area contributed by atoms with Crippen molar-refractivity contribution in [2.75, 3.05) is 48.5 Å². The lowest BCUT2D eigenvalue weighted by molar-refractivity contribution is -0.144. The summed E-state index contributed by atoms with van der Waals surface area (Å²) in [5, 5.41) is 10.1. The van der Waals surface area contributed by atoms with Crippen molar-refractivity contribution in [1.82, 2.24) is 14.5 Å². The van der Waals surface area contributed by atoms with Crippen LogP contribution in [0.25, 0.3) is 5.69 Å². The largest absolute Gasteiger partial charge is 0.489 e. The lowest BCUT2D eigenvalue weighted by atomic mass is 10.0. The van der Waals surface area contributed by atoms with Gasteiger partial charge in [0.25, 0.3) is 11.5 Å². The fraction of sp³-hybridized carbons (Fsp3) is 0.409. The first-order chi connectivity index (χ1) is 32.6. The Hall–Kier alpha value is -4.96. The van der Waals surface area contributed by atoms with Crippen molar-refractivity contribution < 1.29 is 66.0 Å². The molecule has 0 saturated heterocycles. The maximum atomic E-state index is 12.9. The highest BCUT2D eigenvalue weighted by Crippen LogP contribution is 2.35. The summed E-state index contributed by atoms with van der Waals surface area (Å²) in [7, 11) is -3.20. The van der Waals surface area contributed by atoms with E-state index in [0.717, 1.165) is 42.0 Å². The van der Waals surface area contributed by atoms with Crippen molar-refractivity contribution in [1.29, 1.82) is 0 Å². The summed E-state index contributed by atoms with van der Waals surface area (Å²) in [5.41, 5.74) is -0.160. The van der Waals surface area contributed by atoms with E-state index in [1.165, 1.54) is 12.1 Å². The average molecular weight is 1090 g/mol. The van der Waals surface area contributed by atoms with Crippen LogP contribution in [0.2, 0.25) is 5.02 Å². The number of ether oxygens (including phenoxy) is 3. The molecule has 0 aliphatic carbocycles. The van der Waals surface area contributed by atoms with Crippen LogP contribution in [0.3, 0.4) is 0 Å². The molecule has 3 aromatic carbocycles. The molecule has 0 spiro atoms. The summed E-state index contributed by atoms with van der Waals surface area (Å²) >= 11 is 22.9. The lowest BCUT2D eigenvalue weighted by Gasteiger charge is -2.35. The van der Waals surface area contributed by atoms with E-state index in [4.69, 9.17) is 75.5 Å². The zero-order valence-corrected chi connectivity index (χ0v) is 42.8. The van der Waals surface area contributed by atoms with Crippen LogP contribution in [-0.2, 0) is 48.1 Å². The van der Waals surface area contributed by atoms with Crippen molar-refractivity contribution in [2.24, 2.45) is 7.05 Å². The number of benzene rings is 3. The Morgan fingerprint density at radius 2 is 1.66 bits per heavy atom. The number of aryl methyl sites for hydroxylation is 2. The summed E-state index contributed by atoms with van der Waals surface area (Å²) in [6, 6.07) is 17.2. The number of carboxylic acid groups (broad SMARTS) is 1. The second-order valence-electron chi connectivity index (χ2n) is 15.0. The Bertz CT molecular complexity index is 2610. The molecule has 4 N–H and O–H groups in total. The molecule has 2 heterocycles. The number of hydrogen-bond donors (Lipinski definition) is 4. The van der Waals surface area contributed by atoms with Gasteiger partial charge >= 0.3 is 31.4 Å². The van der Waals surface area contributed by atoms with Gasteiger partial charge in [-0.3, -0.25) is 38.5 Å². The van der Waals surface area contributed by atoms with Crippen LogP contribution in [0.4, 0.5) is 24.5 Å². The highest BCUT2D eigenvalue weighted by atomic mass is 35.5. The van der Waals surface area contributed by atoms with Gasteiger partial charge in [0, 0.05) is 19.7 Å². The van der Waals surface area contributed by atoms with E-state index in [2.05, 4.69) is 12.2 Å². The van der Waals surface area contributed by atoms with E-state index < -0.39 is 66.4 Å². The second kappa shape index (κ2) is 28.2. The Morgan fingerprint density at radius 3 is 2.20 bits per heavy atom. The third-order valence-electron chi connectivity index (χ3n) is 9.26. The van der Waals surface area contributed by atoms with E-state index in [9.17, 15) is 46.5 Å². The van der Waals surface area contributed by atoms with Gasteiger partial charge in [-0.15, -0.1) is 11.6 Å². The SMILES string of the molecule is CC(C)OC(=O)c1cc(-n2c(=O)cc(C(F)(F)F)n(C)c2=O)ccc1Cl.CC1COc2ccccc2N1C(=O)C(Cl)Cl.CCOCN(C(=O)CCl)c1c(C)cccc1CC.O=C(O)CNCP(=O)(O)O. The van der Waals surface area contributed by atoms with Crippen LogP contribution >= 0.6 is 54.0 Å². The van der Waals surface area contributed by atoms with Crippen LogP contribution in [0, 0.1) is 6.92 Å². The third-order valence-corrected chi connectivity index (χ3v) is 10.8. The number of alkyl halides is 6. The van der Waals surface area contributed by atoms with Crippen LogP contribution in [0.1, 0.15) is 61.8 Å². The molecule has 0 fully saturated rings. The predicted molar refractivity (Wildman–Crippen MR) is 260 cm³/mol. The number of carbonyl (C=O) groups excluding carboxylic acids is 3. The van der Waals surface area contributed by atoms with Crippen molar-refractivity contribution in [2.45, 2.75) is 71.1 Å². The lowest BCUT2D eigenvalue weighted by Crippen LogP contribution is -2.47. The molecule has 1 aliphatic rings. The zero-order chi connectivity index (χ0) is 53.3. The molecule has 70 heavy (non-hydrogen) atoms. The van der Waals surface area contributed by atoms with Crippen molar-refractivity contribution in [3.8, 4) is 11.4 Å². The van der Waals surface area contributed by atoms with E-state index in [1.54, 1.807) is 23.6 Å². The second-order valence-corrected chi connectivity index (χ2v) is 18.4. The molecule has 0 radical (unpaired) electrons. The standard InChI is InChI=1S/C16H14ClF3N2O4.C14H20ClNO2.C11H11Cl2NO2.C3H8NO5P/c1-8(2)26-14(24)10-6-9(4-5-11(10)17)22-13(23)7-12(16(18,19)20)21(3)15(22)25;1-4-12-8-6-7-11(3)14(12)16(10-18-5-2)13(17)9-15;1-7-6-16-9-5-3-2-4-8(9)14(7)11(15)10(12)13;5-3(6)1-4-2-10(7,8)9/h4-8H,1-3H3;6-8H,4-5,9-10H2,1-3H3;2-5,7,10H,6H2,1H3;4H,1-2H2,(H,5,6)(H2,7,8,9). The van der Waals surface area contributed by atoms with Gasteiger partial charge in [0.1, 0.15) is 30.7 Å². The zero-order valence-electron chi connectivity index (χ0n) is 38.8. The Labute approximate surface area is 420 Å². The minimum absolute atomic E-state index is 0.0104. The van der Waals surface area contributed by atoms with E-state index in [-0.39, 0.29) is 46.7 Å². The van der Waals surface area contributed by atoms with Crippen LogP contribution < -0.4 is 31.1 Å². The third kappa shape index (κ3) is 18.3. The number of hydrogen-bond acceptors (Lipinski definition) is 11. The van der Waals surface area contributed by atoms with Gasteiger partial charge in [-0.2, -0.15) is 13.2 Å². The van der Waals surface area contributed by atoms with Gasteiger partial charge in [0.15, 0.2) is 4.84 Å². The molecular weight excluding hydrogens is 1040 g/mol. The Kier molecular flexibility index (Phi) is 24.6. The van der Waals surface area contributed by atoms with Crippen LogP contribution in [0.5, 0.6) is 5.75 Å². The summed E-state index contributed by atoms with van der Waals surface area (Å²) in [6.45, 7) is 11.9. The monoisotopic (exact) mass is 1090 g/mol. The summed E-state index contributed by atoms with van der Waals surface area (Å²) in [4.78, 5) is 88.6. The number of amides is 2. The molecule has 5 rings (SSSR count). The molecule has 1 aliphatic heterocycles. The summed E-state index contributed by atoms with van der Waals surface area (Å²) in [6.07, 6.45) is -5.03. The number of nitrogens with zero attached hydrogens (tertiary/aromatic N) is 4. The number of anilines is 2. The van der Waals surface area contributed by atoms with Gasteiger partial charge in [-0.05, 0) is 82.5 Å². The fourth-order valence-corrected chi connectivity index (χ4v) is 7.13. The summed E-state index contributed by atoms with van der Waals surface area (Å²) < 4.78 is 65.5. The first-order valence-corrected chi connectivity index (χ1v) is 24.4. The summed E-state index contributed by atoms with van der Waals surface area (Å²) in [5.74, 6) is -1.73. The molecule has 386 valence electrons. The number of carboxylic acids is 1. The molecule has 1 unspecified atom stereocenters.